The first-order valence-electron chi connectivity index (χ1n) is 9.43. The molecule has 30 heavy (non-hydrogen) atoms. The first kappa shape index (κ1) is 22.6. The van der Waals surface area contributed by atoms with Gasteiger partial charge < -0.3 is 16.4 Å². The van der Waals surface area contributed by atoms with Crippen LogP contribution in [0.25, 0.3) is 0 Å². The summed E-state index contributed by atoms with van der Waals surface area (Å²) in [6.07, 6.45) is 3.75. The average molecular weight is 469 g/mol. The molecule has 1 aromatic heterocycles. The molecule has 3 amide bonds. The molecular weight excluding hydrogens is 447 g/mol. The molecule has 1 heterocycles. The summed E-state index contributed by atoms with van der Waals surface area (Å²) < 4.78 is 0. The molecule has 10 heteroatoms. The molecule has 0 saturated heterocycles. The van der Waals surface area contributed by atoms with Crippen molar-refractivity contribution in [2.45, 2.75) is 25.7 Å². The lowest BCUT2D eigenvalue weighted by atomic mass is 9.95. The Kier molecular flexibility index (Phi) is 7.36. The van der Waals surface area contributed by atoms with Crippen molar-refractivity contribution in [3.05, 3.63) is 44.2 Å². The van der Waals surface area contributed by atoms with Gasteiger partial charge >= 0.3 is 0 Å². The predicted molar refractivity (Wildman–Crippen MR) is 121 cm³/mol. The maximum absolute atomic E-state index is 12.5. The number of halogens is 2. The van der Waals surface area contributed by atoms with E-state index in [9.17, 15) is 14.4 Å². The zero-order chi connectivity index (χ0) is 21.8. The van der Waals surface area contributed by atoms with Gasteiger partial charge in [0.15, 0.2) is 0 Å². The van der Waals surface area contributed by atoms with Gasteiger partial charge in [0.05, 0.1) is 34.4 Å². The van der Waals surface area contributed by atoms with Crippen molar-refractivity contribution in [1.82, 2.24) is 4.90 Å². The molecule has 7 nitrogen and oxygen atoms in total. The monoisotopic (exact) mass is 468 g/mol. The smallest absolute Gasteiger partial charge is 0.251 e. The van der Waals surface area contributed by atoms with Crippen molar-refractivity contribution in [1.29, 1.82) is 0 Å². The van der Waals surface area contributed by atoms with Crippen molar-refractivity contribution < 1.29 is 14.4 Å². The summed E-state index contributed by atoms with van der Waals surface area (Å²) in [6, 6.07) is 4.92. The van der Waals surface area contributed by atoms with E-state index >= 15 is 0 Å². The first-order valence-corrected chi connectivity index (χ1v) is 11.0. The Morgan fingerprint density at radius 3 is 2.30 bits per heavy atom. The lowest BCUT2D eigenvalue weighted by molar-refractivity contribution is -0.119. The van der Waals surface area contributed by atoms with Crippen LogP contribution in [0.15, 0.2) is 18.2 Å². The zero-order valence-corrected chi connectivity index (χ0v) is 18.7. The minimum atomic E-state index is -0.533. The number of thiophene rings is 1. The fraction of sp³-hybridized carbons (Fsp3) is 0.350. The molecule has 0 radical (unpaired) electrons. The highest BCUT2D eigenvalue weighted by molar-refractivity contribution is 7.17. The quantitative estimate of drug-likeness (QED) is 0.577. The van der Waals surface area contributed by atoms with E-state index in [-0.39, 0.29) is 24.9 Å². The Hall–Kier alpha value is -2.13. The number of para-hydroxylation sites is 1. The molecule has 3 rings (SSSR count). The van der Waals surface area contributed by atoms with Gasteiger partial charge in [-0.05, 0) is 50.4 Å². The van der Waals surface area contributed by atoms with Crippen LogP contribution in [0.1, 0.15) is 33.6 Å². The van der Waals surface area contributed by atoms with Gasteiger partial charge in [-0.3, -0.25) is 19.3 Å². The molecule has 0 saturated carbocycles. The lowest BCUT2D eigenvalue weighted by Gasteiger charge is -2.16. The minimum absolute atomic E-state index is 0.0373. The van der Waals surface area contributed by atoms with E-state index < -0.39 is 5.91 Å². The normalized spacial score (nSPS) is 13.1. The third-order valence-electron chi connectivity index (χ3n) is 4.72. The molecule has 1 aromatic carbocycles. The lowest BCUT2D eigenvalue weighted by Crippen LogP contribution is -2.36. The van der Waals surface area contributed by atoms with Gasteiger partial charge in [-0.2, -0.15) is 0 Å². The number of anilines is 2. The summed E-state index contributed by atoms with van der Waals surface area (Å²) in [5.74, 6) is -1.22. The second kappa shape index (κ2) is 9.78. The van der Waals surface area contributed by atoms with Crippen LogP contribution in [0.5, 0.6) is 0 Å². The summed E-state index contributed by atoms with van der Waals surface area (Å²) in [5.41, 5.74) is 7.26. The number of aryl methyl sites for hydroxylation is 1. The maximum Gasteiger partial charge on any atom is 0.251 e. The van der Waals surface area contributed by atoms with Gasteiger partial charge in [0.2, 0.25) is 11.8 Å². The van der Waals surface area contributed by atoms with Crippen LogP contribution in [0.3, 0.4) is 0 Å². The Bertz CT molecular complexity index is 972. The first-order chi connectivity index (χ1) is 14.3. The number of likely N-dealkylation sites (N-methyl/N-ethyl adjacent to an activating group) is 1. The van der Waals surface area contributed by atoms with Crippen molar-refractivity contribution in [3.63, 3.8) is 0 Å². The van der Waals surface area contributed by atoms with E-state index in [1.807, 2.05) is 0 Å². The number of nitrogens with two attached hydrogens (primary N) is 1. The minimum Gasteiger partial charge on any atom is -0.365 e. The number of hydrogen-bond acceptors (Lipinski definition) is 5. The fourth-order valence-electron chi connectivity index (χ4n) is 3.42. The molecule has 0 spiro atoms. The number of primary amides is 1. The van der Waals surface area contributed by atoms with Crippen LogP contribution < -0.4 is 16.4 Å². The molecule has 0 unspecified atom stereocenters. The van der Waals surface area contributed by atoms with E-state index in [1.54, 1.807) is 30.1 Å². The highest BCUT2D eigenvalue weighted by atomic mass is 35.5. The molecule has 0 fully saturated rings. The van der Waals surface area contributed by atoms with Crippen molar-refractivity contribution in [3.8, 4) is 0 Å². The largest absolute Gasteiger partial charge is 0.365 e. The van der Waals surface area contributed by atoms with Gasteiger partial charge in [-0.15, -0.1) is 11.3 Å². The SMILES string of the molecule is CN(CC(=O)Nc1sc2c(c1C(N)=O)CCCC2)CC(=O)Nc1c(Cl)cccc1Cl. The number of benzene rings is 1. The molecule has 0 bridgehead atoms. The molecule has 160 valence electrons. The summed E-state index contributed by atoms with van der Waals surface area (Å²) in [7, 11) is 1.64. The number of carbonyl (C=O) groups excluding carboxylic acids is 3. The number of hydrogen-bond donors (Lipinski definition) is 3. The number of nitrogens with one attached hydrogen (secondary N) is 2. The Balaban J connectivity index is 1.59. The molecule has 2 aromatic rings. The van der Waals surface area contributed by atoms with Gasteiger partial charge in [0.1, 0.15) is 5.00 Å². The van der Waals surface area contributed by atoms with E-state index in [2.05, 4.69) is 10.6 Å². The topological polar surface area (TPSA) is 105 Å². The summed E-state index contributed by atoms with van der Waals surface area (Å²) in [4.78, 5) is 39.3. The third kappa shape index (κ3) is 5.31. The molecule has 1 aliphatic rings. The van der Waals surface area contributed by atoms with Crippen LogP contribution >= 0.6 is 34.5 Å². The number of carbonyl (C=O) groups is 3. The molecule has 4 N–H and O–H groups in total. The average Bonchev–Trinajstić information content (AvgIpc) is 3.02. The van der Waals surface area contributed by atoms with Gasteiger partial charge in [0.25, 0.3) is 5.91 Å². The molecular formula is C20H22Cl2N4O3S. The summed E-state index contributed by atoms with van der Waals surface area (Å²) in [6.45, 7) is -0.0803. The molecule has 1 aliphatic carbocycles. The van der Waals surface area contributed by atoms with Gasteiger partial charge in [-0.25, -0.2) is 0 Å². The Morgan fingerprint density at radius 1 is 1.07 bits per heavy atom. The van der Waals surface area contributed by atoms with E-state index in [4.69, 9.17) is 28.9 Å². The highest BCUT2D eigenvalue weighted by Gasteiger charge is 2.25. The molecule has 0 atom stereocenters. The number of amides is 3. The number of nitrogens with zero attached hydrogens (tertiary/aromatic N) is 1. The highest BCUT2D eigenvalue weighted by Crippen LogP contribution is 2.37. The number of rotatable bonds is 7. The maximum atomic E-state index is 12.5. The Labute approximate surface area is 188 Å². The summed E-state index contributed by atoms with van der Waals surface area (Å²) in [5, 5.41) is 6.59. The van der Waals surface area contributed by atoms with Crippen LogP contribution in [-0.4, -0.2) is 42.8 Å². The van der Waals surface area contributed by atoms with Crippen LogP contribution in [-0.2, 0) is 22.4 Å². The predicted octanol–water partition coefficient (Wildman–Crippen LogP) is 3.54. The van der Waals surface area contributed by atoms with Crippen molar-refractivity contribution in [2.75, 3.05) is 30.8 Å². The van der Waals surface area contributed by atoms with Gasteiger partial charge in [-0.1, -0.05) is 29.3 Å². The van der Waals surface area contributed by atoms with Crippen LogP contribution in [0, 0.1) is 0 Å². The van der Waals surface area contributed by atoms with E-state index in [1.165, 1.54) is 11.3 Å². The van der Waals surface area contributed by atoms with Gasteiger partial charge in [0, 0.05) is 4.88 Å². The second-order valence-corrected chi connectivity index (χ2v) is 9.06. The third-order valence-corrected chi connectivity index (χ3v) is 6.56. The van der Waals surface area contributed by atoms with Crippen molar-refractivity contribution in [2.24, 2.45) is 5.73 Å². The molecule has 0 aliphatic heterocycles. The van der Waals surface area contributed by atoms with Crippen LogP contribution in [0.2, 0.25) is 10.0 Å². The zero-order valence-electron chi connectivity index (χ0n) is 16.4. The van der Waals surface area contributed by atoms with Crippen molar-refractivity contribution >= 4 is 62.9 Å². The fourth-order valence-corrected chi connectivity index (χ4v) is 5.23. The van der Waals surface area contributed by atoms with E-state index in [0.717, 1.165) is 36.1 Å². The summed E-state index contributed by atoms with van der Waals surface area (Å²) >= 11 is 13.5. The van der Waals surface area contributed by atoms with Crippen LogP contribution in [0.4, 0.5) is 10.7 Å². The standard InChI is InChI=1S/C20H22Cl2N4O3S/c1-26(9-15(27)24-18-12(21)6-4-7-13(18)22)10-16(28)25-20-17(19(23)29)11-5-2-3-8-14(11)30-20/h4,6-7H,2-3,5,8-10H2,1H3,(H2,23,29)(H,24,27)(H,25,28). The Morgan fingerprint density at radius 2 is 1.67 bits per heavy atom. The number of fused-ring (bicyclic) bond motifs is 1. The second-order valence-electron chi connectivity index (χ2n) is 7.14. The van der Waals surface area contributed by atoms with E-state index in [0.29, 0.717) is 26.3 Å².